The summed E-state index contributed by atoms with van der Waals surface area (Å²) in [7, 11) is 0. The van der Waals surface area contributed by atoms with Crippen molar-refractivity contribution in [3.8, 4) is 0 Å². The maximum Gasteiger partial charge on any atom is 0.270 e. The molecule has 1 unspecified atom stereocenters. The maximum absolute atomic E-state index is 13.2. The number of rotatable bonds is 6. The quantitative estimate of drug-likeness (QED) is 0.466. The molecule has 1 aliphatic heterocycles. The van der Waals surface area contributed by atoms with Crippen molar-refractivity contribution < 1.29 is 9.21 Å². The average molecular weight is 416 g/mol. The number of carbonyl (C=O) groups is 1. The molecular formula is C26H29N3O2. The van der Waals surface area contributed by atoms with Crippen molar-refractivity contribution >= 4 is 27.8 Å². The van der Waals surface area contributed by atoms with Gasteiger partial charge in [0.1, 0.15) is 17.0 Å². The van der Waals surface area contributed by atoms with Crippen LogP contribution in [0, 0.1) is 5.92 Å². The molecule has 3 heterocycles. The van der Waals surface area contributed by atoms with Gasteiger partial charge in [-0.2, -0.15) is 0 Å². The molecule has 0 saturated carbocycles. The number of benzene rings is 2. The summed E-state index contributed by atoms with van der Waals surface area (Å²) in [4.78, 5) is 20.9. The van der Waals surface area contributed by atoms with Crippen LogP contribution in [0.5, 0.6) is 0 Å². The highest BCUT2D eigenvalue weighted by Crippen LogP contribution is 2.24. The zero-order chi connectivity index (χ0) is 21.2. The third kappa shape index (κ3) is 4.23. The zero-order valence-corrected chi connectivity index (χ0v) is 18.0. The van der Waals surface area contributed by atoms with Gasteiger partial charge in [-0.15, -0.1) is 0 Å². The molecule has 0 aliphatic carbocycles. The van der Waals surface area contributed by atoms with Crippen molar-refractivity contribution in [2.45, 2.75) is 26.3 Å². The molecular weight excluding hydrogens is 386 g/mol. The SMILES string of the molecule is CCN(CC1CCCN(Cc2cc3ccccc3o2)C1)C(=O)c1cc2ccccc2[nH]1. The van der Waals surface area contributed by atoms with Gasteiger partial charge in [0, 0.05) is 35.9 Å². The van der Waals surface area contributed by atoms with Gasteiger partial charge < -0.3 is 14.3 Å². The molecule has 0 spiro atoms. The fraction of sp³-hybridized carbons (Fsp3) is 0.346. The van der Waals surface area contributed by atoms with E-state index in [0.717, 1.165) is 66.7 Å². The van der Waals surface area contributed by atoms with Gasteiger partial charge in [0.2, 0.25) is 0 Å². The summed E-state index contributed by atoms with van der Waals surface area (Å²) >= 11 is 0. The summed E-state index contributed by atoms with van der Waals surface area (Å²) in [5.41, 5.74) is 2.64. The Morgan fingerprint density at radius 2 is 1.94 bits per heavy atom. The first kappa shape index (κ1) is 19.9. The minimum Gasteiger partial charge on any atom is -0.460 e. The molecule has 4 aromatic rings. The molecule has 0 radical (unpaired) electrons. The van der Waals surface area contributed by atoms with E-state index in [1.165, 1.54) is 0 Å². The van der Waals surface area contributed by atoms with Crippen molar-refractivity contribution in [3.63, 3.8) is 0 Å². The van der Waals surface area contributed by atoms with E-state index in [0.29, 0.717) is 18.2 Å². The molecule has 160 valence electrons. The van der Waals surface area contributed by atoms with Crippen molar-refractivity contribution in [1.29, 1.82) is 0 Å². The van der Waals surface area contributed by atoms with E-state index in [4.69, 9.17) is 4.42 Å². The number of aromatic amines is 1. The summed E-state index contributed by atoms with van der Waals surface area (Å²) in [6.07, 6.45) is 2.32. The van der Waals surface area contributed by atoms with Gasteiger partial charge in [-0.1, -0.05) is 36.4 Å². The highest BCUT2D eigenvalue weighted by atomic mass is 16.3. The summed E-state index contributed by atoms with van der Waals surface area (Å²) < 4.78 is 6.02. The summed E-state index contributed by atoms with van der Waals surface area (Å²) in [6, 6.07) is 20.3. The number of nitrogens with one attached hydrogen (secondary N) is 1. The van der Waals surface area contributed by atoms with E-state index >= 15 is 0 Å². The van der Waals surface area contributed by atoms with E-state index in [1.807, 2.05) is 53.4 Å². The number of furan rings is 1. The predicted molar refractivity (Wildman–Crippen MR) is 124 cm³/mol. The predicted octanol–water partition coefficient (Wildman–Crippen LogP) is 5.29. The summed E-state index contributed by atoms with van der Waals surface area (Å²) in [5.74, 6) is 1.59. The van der Waals surface area contributed by atoms with Gasteiger partial charge in [0.15, 0.2) is 0 Å². The van der Waals surface area contributed by atoms with Crippen LogP contribution >= 0.6 is 0 Å². The van der Waals surface area contributed by atoms with E-state index in [-0.39, 0.29) is 5.91 Å². The molecule has 1 saturated heterocycles. The Bertz CT molecular complexity index is 1130. The van der Waals surface area contributed by atoms with Crippen molar-refractivity contribution in [2.75, 3.05) is 26.2 Å². The molecule has 1 N–H and O–H groups in total. The Balaban J connectivity index is 1.24. The monoisotopic (exact) mass is 415 g/mol. The number of nitrogens with zero attached hydrogens (tertiary/aromatic N) is 2. The normalized spacial score (nSPS) is 17.4. The van der Waals surface area contributed by atoms with E-state index in [2.05, 4.69) is 28.9 Å². The number of amides is 1. The molecule has 31 heavy (non-hydrogen) atoms. The van der Waals surface area contributed by atoms with Crippen molar-refractivity contribution in [1.82, 2.24) is 14.8 Å². The third-order valence-corrected chi connectivity index (χ3v) is 6.37. The van der Waals surface area contributed by atoms with Crippen LogP contribution < -0.4 is 0 Å². The van der Waals surface area contributed by atoms with Crippen molar-refractivity contribution in [2.24, 2.45) is 5.92 Å². The highest BCUT2D eigenvalue weighted by Gasteiger charge is 2.25. The first-order valence-corrected chi connectivity index (χ1v) is 11.3. The van der Waals surface area contributed by atoms with Crippen LogP contribution in [0.25, 0.3) is 21.9 Å². The largest absolute Gasteiger partial charge is 0.460 e. The first-order chi connectivity index (χ1) is 15.2. The van der Waals surface area contributed by atoms with Gasteiger partial charge >= 0.3 is 0 Å². The number of fused-ring (bicyclic) bond motifs is 2. The van der Waals surface area contributed by atoms with E-state index < -0.39 is 0 Å². The lowest BCUT2D eigenvalue weighted by Gasteiger charge is -2.35. The van der Waals surface area contributed by atoms with Crippen LogP contribution in [0.4, 0.5) is 0 Å². The lowest BCUT2D eigenvalue weighted by Crippen LogP contribution is -2.42. The van der Waals surface area contributed by atoms with Crippen LogP contribution in [-0.2, 0) is 6.54 Å². The Morgan fingerprint density at radius 3 is 2.74 bits per heavy atom. The van der Waals surface area contributed by atoms with Crippen LogP contribution in [0.2, 0.25) is 0 Å². The van der Waals surface area contributed by atoms with Gasteiger partial charge in [0.05, 0.1) is 6.54 Å². The van der Waals surface area contributed by atoms with E-state index in [1.54, 1.807) is 0 Å². The van der Waals surface area contributed by atoms with E-state index in [9.17, 15) is 4.79 Å². The molecule has 5 nitrogen and oxygen atoms in total. The van der Waals surface area contributed by atoms with Crippen LogP contribution in [-0.4, -0.2) is 46.9 Å². The molecule has 0 bridgehead atoms. The minimum atomic E-state index is 0.0908. The molecule has 5 heteroatoms. The third-order valence-electron chi connectivity index (χ3n) is 6.37. The highest BCUT2D eigenvalue weighted by molar-refractivity contribution is 5.98. The number of likely N-dealkylation sites (tertiary alicyclic amines) is 1. The zero-order valence-electron chi connectivity index (χ0n) is 18.0. The number of carbonyl (C=O) groups excluding carboxylic acids is 1. The lowest BCUT2D eigenvalue weighted by atomic mass is 9.97. The molecule has 2 aromatic carbocycles. The number of hydrogen-bond donors (Lipinski definition) is 1. The number of piperidine rings is 1. The molecule has 2 aromatic heterocycles. The topological polar surface area (TPSA) is 52.5 Å². The molecule has 5 rings (SSSR count). The fourth-order valence-electron chi connectivity index (χ4n) is 4.81. The minimum absolute atomic E-state index is 0.0908. The summed E-state index contributed by atoms with van der Waals surface area (Å²) in [5, 5.41) is 2.24. The second kappa shape index (κ2) is 8.60. The number of aromatic nitrogens is 1. The molecule has 1 amide bonds. The Morgan fingerprint density at radius 1 is 1.13 bits per heavy atom. The standard InChI is InChI=1S/C26H29N3O2/c1-2-29(26(30)24-15-20-9-3-5-11-23(20)27-24)17-19-8-7-13-28(16-19)18-22-14-21-10-4-6-12-25(21)31-22/h3-6,9-12,14-15,19,27H,2,7-8,13,16-18H2,1H3. The Hall–Kier alpha value is -3.05. The van der Waals surface area contributed by atoms with Crippen LogP contribution in [0.1, 0.15) is 36.0 Å². The maximum atomic E-state index is 13.2. The lowest BCUT2D eigenvalue weighted by molar-refractivity contribution is 0.0676. The second-order valence-corrected chi connectivity index (χ2v) is 8.61. The number of hydrogen-bond acceptors (Lipinski definition) is 3. The number of para-hydroxylation sites is 2. The van der Waals surface area contributed by atoms with Gasteiger partial charge in [0.25, 0.3) is 5.91 Å². The Labute approximate surface area is 182 Å². The molecule has 1 fully saturated rings. The van der Waals surface area contributed by atoms with Crippen LogP contribution in [0.3, 0.4) is 0 Å². The smallest absolute Gasteiger partial charge is 0.270 e. The first-order valence-electron chi connectivity index (χ1n) is 11.3. The van der Waals surface area contributed by atoms with Crippen molar-refractivity contribution in [3.05, 3.63) is 72.1 Å². The second-order valence-electron chi connectivity index (χ2n) is 8.61. The fourth-order valence-corrected chi connectivity index (χ4v) is 4.81. The van der Waals surface area contributed by atoms with Gasteiger partial charge in [-0.05, 0) is 56.5 Å². The van der Waals surface area contributed by atoms with Gasteiger partial charge in [-0.25, -0.2) is 0 Å². The molecule has 1 aliphatic rings. The van der Waals surface area contributed by atoms with Crippen LogP contribution in [0.15, 0.2) is 65.1 Å². The summed E-state index contributed by atoms with van der Waals surface area (Å²) in [6.45, 7) is 6.47. The van der Waals surface area contributed by atoms with Gasteiger partial charge in [-0.3, -0.25) is 9.69 Å². The molecule has 1 atom stereocenters. The number of H-pyrrole nitrogens is 1. The Kier molecular flexibility index (Phi) is 5.51. The average Bonchev–Trinajstić information content (AvgIpc) is 3.40.